The Morgan fingerprint density at radius 3 is 1.51 bits per heavy atom. The van der Waals surface area contributed by atoms with Gasteiger partial charge in [-0.05, 0) is 117 Å². The first-order chi connectivity index (χ1) is 40.2. The molecule has 2 aliphatic heterocycles. The van der Waals surface area contributed by atoms with Gasteiger partial charge in [0.05, 0.1) is 29.3 Å². The fourth-order valence-electron chi connectivity index (χ4n) is 19.8. The fraction of sp³-hybridized carbons (Fsp3) is 0.411. The average molecular weight is 1130 g/mol. The van der Waals surface area contributed by atoms with E-state index in [0.717, 1.165) is 27.2 Å². The lowest BCUT2D eigenvalue weighted by Gasteiger charge is -3.11. The molecule has 12 saturated carbocycles. The topological polar surface area (TPSA) is 324 Å². The van der Waals surface area contributed by atoms with Crippen LogP contribution < -0.4 is 46.7 Å². The molecule has 7 aromatic rings. The van der Waals surface area contributed by atoms with Crippen molar-refractivity contribution in [2.24, 2.45) is 81.8 Å². The molecule has 7 heterocycles. The van der Waals surface area contributed by atoms with Crippen LogP contribution in [0.15, 0.2) is 67.3 Å². The summed E-state index contributed by atoms with van der Waals surface area (Å²) in [5.74, 6) is 5.00. The number of aromatic amines is 1. The van der Waals surface area contributed by atoms with Crippen molar-refractivity contribution in [2.45, 2.75) is 31.0 Å². The van der Waals surface area contributed by atoms with Gasteiger partial charge in [0.2, 0.25) is 5.91 Å². The average Bonchev–Trinajstić information content (AvgIpc) is 0.633. The van der Waals surface area contributed by atoms with Gasteiger partial charge in [-0.15, -0.1) is 0 Å². The molecule has 14 aliphatic rings. The van der Waals surface area contributed by atoms with Gasteiger partial charge in [-0.3, -0.25) is 38.7 Å². The zero-order valence-corrected chi connectivity index (χ0v) is 43.5. The summed E-state index contributed by atoms with van der Waals surface area (Å²) in [6, 6.07) is 13.0. The summed E-state index contributed by atoms with van der Waals surface area (Å²) in [4.78, 5) is 101. The number of hydrogen-bond donors (Lipinski definition) is 8. The number of hydrogen-bond acceptors (Lipinski definition) is 15. The number of H-pyrrole nitrogens is 1. The van der Waals surface area contributed by atoms with Crippen LogP contribution in [0.5, 0.6) is 11.5 Å². The van der Waals surface area contributed by atoms with Gasteiger partial charge < -0.3 is 46.7 Å². The van der Waals surface area contributed by atoms with E-state index in [1.54, 1.807) is 49.6 Å². The summed E-state index contributed by atoms with van der Waals surface area (Å²) in [5.41, 5.74) is 2.34. The minimum atomic E-state index is -0.747. The number of carbonyl (C=O) groups is 7. The van der Waals surface area contributed by atoms with E-state index in [2.05, 4.69) is 72.6 Å². The van der Waals surface area contributed by atoms with Crippen molar-refractivity contribution in [3.05, 3.63) is 119 Å². The molecule has 0 unspecified atom stereocenters. The number of nitrogens with one attached hydrogen (secondary N) is 8. The lowest BCUT2D eigenvalue weighted by molar-refractivity contribution is -0.627. The Morgan fingerprint density at radius 1 is 0.614 bits per heavy atom. The second-order valence-electron chi connectivity index (χ2n) is 24.5. The molecule has 12 fully saturated rings. The number of fused-ring (bicyclic) bond motifs is 4. The molecule has 12 aliphatic carbocycles. The maximum Gasteiger partial charge on any atom is 0.270 e. The highest BCUT2D eigenvalue weighted by Crippen LogP contribution is 3.09. The molecule has 8 N–H and O–H groups in total. The summed E-state index contributed by atoms with van der Waals surface area (Å²) in [5, 5.41) is 35.4. The second kappa shape index (κ2) is 15.4. The summed E-state index contributed by atoms with van der Waals surface area (Å²) >= 11 is 0. The number of amides is 7. The highest BCUT2D eigenvalue weighted by molar-refractivity contribution is 6.00. The van der Waals surface area contributed by atoms with E-state index in [4.69, 9.17) is 9.47 Å². The monoisotopic (exact) mass is 1120 g/mol. The van der Waals surface area contributed by atoms with E-state index in [-0.39, 0.29) is 99.9 Å². The van der Waals surface area contributed by atoms with Gasteiger partial charge in [0.15, 0.2) is 36.1 Å². The number of anilines is 2. The predicted molar refractivity (Wildman–Crippen MR) is 275 cm³/mol. The third-order valence-corrected chi connectivity index (χ3v) is 22.1. The maximum absolute atomic E-state index is 14.6. The van der Waals surface area contributed by atoms with Crippen LogP contribution in [0, 0.1) is 93.5 Å². The highest BCUT2D eigenvalue weighted by Gasteiger charge is 3.11. The Morgan fingerprint density at radius 2 is 1.07 bits per heavy atom. The largest absolute Gasteiger partial charge is 0.482 e. The molecule has 2 aromatic carbocycles. The Labute approximate surface area is 465 Å². The maximum atomic E-state index is 14.6. The number of halogens is 2. The number of ether oxygens (including phenoxy) is 2. The Balaban J connectivity index is 0.000000127. The zero-order chi connectivity index (χ0) is 56.1. The second-order valence-corrected chi connectivity index (χ2v) is 24.5. The first-order valence-corrected chi connectivity index (χ1v) is 27.7. The van der Waals surface area contributed by atoms with Crippen molar-refractivity contribution in [3.63, 3.8) is 0 Å². The molecule has 0 saturated heterocycles. The quantitative estimate of drug-likeness (QED) is 0.0758. The normalized spacial score (nSPS) is 34.9. The van der Waals surface area contributed by atoms with Crippen LogP contribution >= 0.6 is 0 Å². The van der Waals surface area contributed by atoms with Gasteiger partial charge in [0.1, 0.15) is 46.4 Å². The van der Waals surface area contributed by atoms with Crippen molar-refractivity contribution in [2.75, 3.05) is 36.9 Å². The van der Waals surface area contributed by atoms with E-state index >= 15 is 0 Å². The van der Waals surface area contributed by atoms with Crippen LogP contribution in [-0.4, -0.2) is 118 Å². The fourth-order valence-corrected chi connectivity index (χ4v) is 19.8. The van der Waals surface area contributed by atoms with E-state index in [9.17, 15) is 42.3 Å². The van der Waals surface area contributed by atoms with Crippen LogP contribution in [0.25, 0.3) is 11.3 Å². The standard InChI is InChI=1S/C28H22FN9O4.C28H24FN7O5/c29-11-6-34-38-14(4-13(36-23(11)38)24(40)30-5-10-1-2-15-12(3-10)35-16(39)7-42-15)25(41)31-8-27-17-20-18(27)22-19(27)21(17)28(20,22)26-32-9-33-37-26;1-10(37)35-28-21-18-22(28)20-23(28)19(21)27(18,20)9-31-26(40)15-5-14(34-24-12(29)7-32-36(15)24)25(39)30-6-11-2-3-16-13(4-11)33-17(38)8-41-16/h1-4,6,9,17-22H,5,7-8H2,(H,30,40)(H,31,41)(H,35,39)(H,32,33,37);2-5,7,18-23H,6,8-9H2,1H3,(H,30,39)(H,31,40)(H,33,38)(H,35,37). The molecule has 5 aromatic heterocycles. The zero-order valence-electron chi connectivity index (χ0n) is 43.5. The summed E-state index contributed by atoms with van der Waals surface area (Å²) in [6.45, 7) is 2.76. The van der Waals surface area contributed by atoms with E-state index < -0.39 is 35.3 Å². The van der Waals surface area contributed by atoms with Crippen LogP contribution in [0.2, 0.25) is 0 Å². The molecular weight excluding hydrogens is 1080 g/mol. The molecule has 25 nitrogen and oxygen atoms in total. The van der Waals surface area contributed by atoms with Crippen molar-refractivity contribution < 1.29 is 51.8 Å². The molecule has 0 spiro atoms. The number of nitrogens with zero attached hydrogens (tertiary/aromatic N) is 8. The third kappa shape index (κ3) is 5.32. The summed E-state index contributed by atoms with van der Waals surface area (Å²) < 4.78 is 42.1. The molecule has 0 bridgehead atoms. The van der Waals surface area contributed by atoms with Crippen LogP contribution in [0.4, 0.5) is 20.2 Å². The Hall–Kier alpha value is -9.43. The van der Waals surface area contributed by atoms with Crippen molar-refractivity contribution in [1.82, 2.24) is 71.0 Å². The molecule has 7 amide bonds. The number of carbonyl (C=O) groups excluding carboxylic acids is 7. The molecule has 21 rings (SSSR count). The molecule has 418 valence electrons. The Kier molecular flexibility index (Phi) is 8.74. The van der Waals surface area contributed by atoms with Crippen molar-refractivity contribution >= 4 is 64.0 Å². The van der Waals surface area contributed by atoms with E-state index in [1.807, 2.05) is 0 Å². The van der Waals surface area contributed by atoms with E-state index in [0.29, 0.717) is 118 Å². The Bertz CT molecular complexity index is 4130. The predicted octanol–water partition coefficient (Wildman–Crippen LogP) is 1.15. The van der Waals surface area contributed by atoms with Crippen molar-refractivity contribution in [1.29, 1.82) is 0 Å². The molecular formula is C56H46F2N16O9. The van der Waals surface area contributed by atoms with Gasteiger partial charge in [0, 0.05) is 50.7 Å². The minimum Gasteiger partial charge on any atom is -0.482 e. The minimum absolute atomic E-state index is 0.0179. The number of benzene rings is 2. The molecule has 83 heavy (non-hydrogen) atoms. The number of aromatic nitrogens is 9. The molecule has 27 heteroatoms. The van der Waals surface area contributed by atoms with Gasteiger partial charge in [-0.1, -0.05) is 12.1 Å². The van der Waals surface area contributed by atoms with Gasteiger partial charge in [0.25, 0.3) is 35.4 Å². The first-order valence-electron chi connectivity index (χ1n) is 27.7. The number of rotatable bonds is 14. The summed E-state index contributed by atoms with van der Waals surface area (Å²) in [6.07, 6.45) is 3.52. The van der Waals surface area contributed by atoms with Gasteiger partial charge in [-0.2, -0.15) is 15.3 Å². The smallest absolute Gasteiger partial charge is 0.270 e. The van der Waals surface area contributed by atoms with Crippen LogP contribution in [0.3, 0.4) is 0 Å². The SMILES string of the molecule is CC(=O)NC12C3C4C1C1C2C3C41CNC(=O)c1cc(C(=O)NCc2ccc3c(c2)NC(=O)CO3)nc2c(F)cnn12.O=C1COc2ccc(CNC(=O)c3cc(C(=O)NCC45C6C7C4C4C5C6C74c4ncn[nH]4)n4ncc(F)c4n3)cc2N1. The molecule has 0 radical (unpaired) electrons. The summed E-state index contributed by atoms with van der Waals surface area (Å²) in [7, 11) is 0. The first kappa shape index (κ1) is 47.2. The molecule has 0 atom stereocenters. The lowest BCUT2D eigenvalue weighted by atomic mass is 8.92. The lowest BCUT2D eigenvalue weighted by Crippen LogP contribution is -3.15. The van der Waals surface area contributed by atoms with E-state index in [1.165, 1.54) is 12.1 Å². The van der Waals surface area contributed by atoms with Gasteiger partial charge in [-0.25, -0.2) is 32.8 Å². The van der Waals surface area contributed by atoms with Crippen LogP contribution in [-0.2, 0) is 32.9 Å². The highest BCUT2D eigenvalue weighted by atomic mass is 19.1. The van der Waals surface area contributed by atoms with Crippen molar-refractivity contribution in [3.8, 4) is 11.5 Å². The van der Waals surface area contributed by atoms with Gasteiger partial charge >= 0.3 is 0 Å². The third-order valence-electron chi connectivity index (χ3n) is 22.1. The van der Waals surface area contributed by atoms with Crippen LogP contribution in [0.1, 0.15) is 65.8 Å².